The first-order valence-corrected chi connectivity index (χ1v) is 14.1. The summed E-state index contributed by atoms with van der Waals surface area (Å²) in [5.74, 6) is -2.04. The summed E-state index contributed by atoms with van der Waals surface area (Å²) < 4.78 is 5.13. The molecule has 0 radical (unpaired) electrons. The number of thioether (sulfide) groups is 1. The van der Waals surface area contributed by atoms with E-state index in [1.54, 1.807) is 30.3 Å². The second kappa shape index (κ2) is 12.4. The third-order valence-electron chi connectivity index (χ3n) is 6.57. The Morgan fingerprint density at radius 2 is 1.74 bits per heavy atom. The minimum Gasteiger partial charge on any atom is -0.454 e. The van der Waals surface area contributed by atoms with Crippen molar-refractivity contribution in [2.75, 3.05) is 11.5 Å². The monoisotopic (exact) mass is 595 g/mol. The topological polar surface area (TPSA) is 117 Å². The van der Waals surface area contributed by atoms with Crippen LogP contribution in [0, 0.1) is 18.3 Å². The molecule has 0 spiro atoms. The summed E-state index contributed by atoms with van der Waals surface area (Å²) in [7, 11) is 0. The van der Waals surface area contributed by atoms with Gasteiger partial charge in [0, 0.05) is 17.5 Å². The van der Waals surface area contributed by atoms with E-state index in [0.29, 0.717) is 22.0 Å². The van der Waals surface area contributed by atoms with Crippen LogP contribution in [0.15, 0.2) is 90.0 Å². The number of pyridine rings is 1. The fraction of sp³-hybridized carbons (Fsp3) is 0.125. The third kappa shape index (κ3) is 5.96. The van der Waals surface area contributed by atoms with Crippen LogP contribution in [0.4, 0.5) is 5.69 Å². The van der Waals surface area contributed by atoms with E-state index in [-0.39, 0.29) is 22.6 Å². The van der Waals surface area contributed by atoms with Crippen LogP contribution in [0.25, 0.3) is 11.3 Å². The molecule has 4 aromatic rings. The average Bonchev–Trinajstić information content (AvgIpc) is 3.28. The maximum absolute atomic E-state index is 13.3. The molecule has 1 atom stereocenters. The minimum atomic E-state index is -0.774. The molecular formula is C32H22ClN3O5S. The van der Waals surface area contributed by atoms with Crippen LogP contribution in [0.3, 0.4) is 0 Å². The minimum absolute atomic E-state index is 0.0709. The standard InChI is InChI=1S/C32H22ClN3O5S/c1-19-15-22(17-34)30(35-29(19)20-7-3-2-4-8-20)42-27-16-28(38)36(31(27)39)23-13-11-21(12-14-23)32(40)41-18-26(37)24-9-5-6-10-25(24)33/h2-15,27H,16,18H2,1H3. The van der Waals surface area contributed by atoms with Crippen LogP contribution in [0.2, 0.25) is 5.02 Å². The molecule has 8 nitrogen and oxygen atoms in total. The van der Waals surface area contributed by atoms with Crippen molar-refractivity contribution < 1.29 is 23.9 Å². The lowest BCUT2D eigenvalue weighted by atomic mass is 10.1. The fourth-order valence-corrected chi connectivity index (χ4v) is 5.80. The second-order valence-electron chi connectivity index (χ2n) is 9.39. The molecular weight excluding hydrogens is 574 g/mol. The van der Waals surface area contributed by atoms with Crippen molar-refractivity contribution in [1.29, 1.82) is 5.26 Å². The lowest BCUT2D eigenvalue weighted by Gasteiger charge is -2.16. The number of aromatic nitrogens is 1. The van der Waals surface area contributed by atoms with Gasteiger partial charge in [-0.05, 0) is 55.0 Å². The predicted octanol–water partition coefficient (Wildman–Crippen LogP) is 6.05. The summed E-state index contributed by atoms with van der Waals surface area (Å²) in [5.41, 5.74) is 3.41. The van der Waals surface area contributed by atoms with Crippen molar-refractivity contribution in [1.82, 2.24) is 4.98 Å². The molecule has 1 aliphatic rings. The van der Waals surface area contributed by atoms with Crippen molar-refractivity contribution in [2.24, 2.45) is 0 Å². The summed E-state index contributed by atoms with van der Waals surface area (Å²) in [6.45, 7) is 1.38. The van der Waals surface area contributed by atoms with Gasteiger partial charge in [-0.1, -0.05) is 65.8 Å². The van der Waals surface area contributed by atoms with E-state index in [0.717, 1.165) is 27.8 Å². The molecule has 2 amide bonds. The average molecular weight is 596 g/mol. The van der Waals surface area contributed by atoms with Crippen molar-refractivity contribution in [3.8, 4) is 17.3 Å². The zero-order valence-corrected chi connectivity index (χ0v) is 23.8. The number of rotatable bonds is 8. The number of imide groups is 1. The number of carbonyl (C=O) groups excluding carboxylic acids is 4. The zero-order chi connectivity index (χ0) is 29.8. The van der Waals surface area contributed by atoms with Gasteiger partial charge < -0.3 is 4.74 Å². The van der Waals surface area contributed by atoms with Gasteiger partial charge in [0.15, 0.2) is 6.61 Å². The number of ketones is 1. The Labute approximate surface area is 250 Å². The van der Waals surface area contributed by atoms with Crippen molar-refractivity contribution in [2.45, 2.75) is 23.6 Å². The number of nitriles is 1. The molecule has 208 valence electrons. The highest BCUT2D eigenvalue weighted by Gasteiger charge is 2.41. The number of hydrogen-bond donors (Lipinski definition) is 0. The number of ether oxygens (including phenoxy) is 1. The number of carbonyl (C=O) groups is 4. The molecule has 42 heavy (non-hydrogen) atoms. The largest absolute Gasteiger partial charge is 0.454 e. The van der Waals surface area contributed by atoms with E-state index in [1.807, 2.05) is 37.3 Å². The Hall–Kier alpha value is -4.78. The van der Waals surface area contributed by atoms with Crippen molar-refractivity contribution >= 4 is 52.6 Å². The Kier molecular flexibility index (Phi) is 8.48. The maximum atomic E-state index is 13.3. The molecule has 1 aromatic heterocycles. The van der Waals surface area contributed by atoms with Crippen LogP contribution >= 0.6 is 23.4 Å². The third-order valence-corrected chi connectivity index (χ3v) is 8.09. The zero-order valence-electron chi connectivity index (χ0n) is 22.2. The number of halogens is 1. The van der Waals surface area contributed by atoms with Crippen LogP contribution in [0.5, 0.6) is 0 Å². The first-order valence-electron chi connectivity index (χ1n) is 12.8. The second-order valence-corrected chi connectivity index (χ2v) is 11.0. The van der Waals surface area contributed by atoms with Gasteiger partial charge in [0.1, 0.15) is 11.1 Å². The van der Waals surface area contributed by atoms with E-state index in [9.17, 15) is 24.4 Å². The van der Waals surface area contributed by atoms with E-state index in [2.05, 4.69) is 6.07 Å². The van der Waals surface area contributed by atoms with Crippen molar-refractivity contribution in [3.63, 3.8) is 0 Å². The molecule has 1 unspecified atom stereocenters. The molecule has 3 aromatic carbocycles. The smallest absolute Gasteiger partial charge is 0.338 e. The molecule has 1 saturated heterocycles. The number of esters is 1. The van der Waals surface area contributed by atoms with Gasteiger partial charge in [-0.15, -0.1) is 0 Å². The molecule has 0 aliphatic carbocycles. The highest BCUT2D eigenvalue weighted by molar-refractivity contribution is 8.00. The molecule has 1 fully saturated rings. The highest BCUT2D eigenvalue weighted by atomic mass is 35.5. The quantitative estimate of drug-likeness (QED) is 0.137. The summed E-state index contributed by atoms with van der Waals surface area (Å²) in [6.07, 6.45) is -0.0709. The van der Waals surface area contributed by atoms with E-state index >= 15 is 0 Å². The number of amides is 2. The van der Waals surface area contributed by atoms with Crippen molar-refractivity contribution in [3.05, 3.63) is 112 Å². The Morgan fingerprint density at radius 3 is 2.43 bits per heavy atom. The van der Waals surface area contributed by atoms with Gasteiger partial charge in [0.05, 0.1) is 32.8 Å². The SMILES string of the molecule is Cc1cc(C#N)c(SC2CC(=O)N(c3ccc(C(=O)OCC(=O)c4ccccc4Cl)cc3)C2=O)nc1-c1ccccc1. The summed E-state index contributed by atoms with van der Waals surface area (Å²) in [5, 5.41) is 9.57. The lowest BCUT2D eigenvalue weighted by molar-refractivity contribution is -0.121. The molecule has 0 bridgehead atoms. The predicted molar refractivity (Wildman–Crippen MR) is 158 cm³/mol. The Morgan fingerprint density at radius 1 is 1.05 bits per heavy atom. The van der Waals surface area contributed by atoms with Crippen LogP contribution in [-0.2, 0) is 14.3 Å². The number of benzene rings is 3. The number of aryl methyl sites for hydroxylation is 1. The van der Waals surface area contributed by atoms with Crippen LogP contribution in [0.1, 0.15) is 38.3 Å². The molecule has 5 rings (SSSR count). The normalized spacial score (nSPS) is 14.5. The molecule has 1 aliphatic heterocycles. The highest BCUT2D eigenvalue weighted by Crippen LogP contribution is 2.36. The van der Waals surface area contributed by atoms with E-state index in [1.165, 1.54) is 24.3 Å². The first-order chi connectivity index (χ1) is 20.3. The van der Waals surface area contributed by atoms with E-state index < -0.39 is 35.4 Å². The first kappa shape index (κ1) is 28.7. The van der Waals surface area contributed by atoms with Crippen LogP contribution < -0.4 is 4.90 Å². The summed E-state index contributed by atoms with van der Waals surface area (Å²) in [6, 6.07) is 25.6. The van der Waals surface area contributed by atoms with Gasteiger partial charge in [-0.25, -0.2) is 14.7 Å². The number of hydrogen-bond acceptors (Lipinski definition) is 8. The Bertz CT molecular complexity index is 1750. The van der Waals surface area contributed by atoms with Gasteiger partial charge in [0.2, 0.25) is 17.6 Å². The fourth-order valence-electron chi connectivity index (χ4n) is 4.48. The molecule has 0 saturated carbocycles. The number of Topliss-reactive ketones (excluding diaryl/α,β-unsaturated/α-hetero) is 1. The summed E-state index contributed by atoms with van der Waals surface area (Å²) in [4.78, 5) is 56.8. The van der Waals surface area contributed by atoms with Gasteiger partial charge in [0.25, 0.3) is 0 Å². The van der Waals surface area contributed by atoms with Gasteiger partial charge >= 0.3 is 5.97 Å². The maximum Gasteiger partial charge on any atom is 0.338 e. The number of anilines is 1. The van der Waals surface area contributed by atoms with Crippen LogP contribution in [-0.4, -0.2) is 40.4 Å². The number of nitrogens with zero attached hydrogens (tertiary/aromatic N) is 3. The summed E-state index contributed by atoms with van der Waals surface area (Å²) >= 11 is 7.11. The van der Waals surface area contributed by atoms with E-state index in [4.69, 9.17) is 21.3 Å². The molecule has 10 heteroatoms. The molecule has 2 heterocycles. The van der Waals surface area contributed by atoms with Gasteiger partial charge in [-0.3, -0.25) is 14.4 Å². The van der Waals surface area contributed by atoms with Gasteiger partial charge in [-0.2, -0.15) is 5.26 Å². The lowest BCUT2D eigenvalue weighted by Crippen LogP contribution is -2.31. The molecule has 0 N–H and O–H groups in total. The Balaban J connectivity index is 1.28.